The molecule has 22 heavy (non-hydrogen) atoms. The highest BCUT2D eigenvalue weighted by atomic mass is 16.5. The molecule has 2 aromatic rings. The molecule has 7 nitrogen and oxygen atoms in total. The van der Waals surface area contributed by atoms with E-state index in [1.165, 1.54) is 4.68 Å². The highest BCUT2D eigenvalue weighted by molar-refractivity contribution is 5.69. The number of hydrogen-bond donors (Lipinski definition) is 0. The van der Waals surface area contributed by atoms with Crippen LogP contribution in [0.1, 0.15) is 57.0 Å². The number of esters is 1. The molecule has 0 spiro atoms. The van der Waals surface area contributed by atoms with Crippen LogP contribution in [-0.2, 0) is 16.1 Å². The van der Waals surface area contributed by atoms with E-state index >= 15 is 0 Å². The fourth-order valence-corrected chi connectivity index (χ4v) is 2.44. The lowest BCUT2D eigenvalue weighted by Gasteiger charge is -2.11. The van der Waals surface area contributed by atoms with Crippen molar-refractivity contribution in [2.75, 3.05) is 6.61 Å². The molecule has 0 atom stereocenters. The van der Waals surface area contributed by atoms with Gasteiger partial charge in [-0.1, -0.05) is 13.8 Å². The molecule has 118 valence electrons. The molecule has 3 rings (SSSR count). The highest BCUT2D eigenvalue weighted by Crippen LogP contribution is 2.39. The van der Waals surface area contributed by atoms with Gasteiger partial charge in [0.25, 0.3) is 5.56 Å². The van der Waals surface area contributed by atoms with Crippen LogP contribution in [0, 0.1) is 0 Å². The van der Waals surface area contributed by atoms with Gasteiger partial charge in [0.2, 0.25) is 0 Å². The Kier molecular flexibility index (Phi) is 3.72. The number of rotatable bonds is 5. The zero-order valence-electron chi connectivity index (χ0n) is 13.1. The van der Waals surface area contributed by atoms with Gasteiger partial charge in [-0.3, -0.25) is 9.59 Å². The van der Waals surface area contributed by atoms with E-state index in [4.69, 9.17) is 4.74 Å². The summed E-state index contributed by atoms with van der Waals surface area (Å²) < 4.78 is 7.71. The summed E-state index contributed by atoms with van der Waals surface area (Å²) in [6.45, 7) is 5.81. The van der Waals surface area contributed by atoms with Gasteiger partial charge in [-0.15, -0.1) is 0 Å². The SMILES string of the molecule is CCOC(=O)Cn1nc(C(C)C)n2nc(C3CC3)cc2c1=O. The topological polar surface area (TPSA) is 78.5 Å². The van der Waals surface area contributed by atoms with Crippen LogP contribution in [0.4, 0.5) is 0 Å². The quantitative estimate of drug-likeness (QED) is 0.781. The van der Waals surface area contributed by atoms with Crippen LogP contribution in [-0.4, -0.2) is 32.0 Å². The third kappa shape index (κ3) is 2.63. The smallest absolute Gasteiger partial charge is 0.327 e. The fraction of sp³-hybridized carbons (Fsp3) is 0.600. The molecule has 1 fully saturated rings. The van der Waals surface area contributed by atoms with Crippen LogP contribution >= 0.6 is 0 Å². The summed E-state index contributed by atoms with van der Waals surface area (Å²) in [4.78, 5) is 24.2. The van der Waals surface area contributed by atoms with E-state index in [1.807, 2.05) is 19.9 Å². The van der Waals surface area contributed by atoms with Gasteiger partial charge >= 0.3 is 5.97 Å². The summed E-state index contributed by atoms with van der Waals surface area (Å²) in [5, 5.41) is 8.86. The lowest BCUT2D eigenvalue weighted by Crippen LogP contribution is -2.31. The van der Waals surface area contributed by atoms with Crippen molar-refractivity contribution in [2.45, 2.75) is 52.0 Å². The van der Waals surface area contributed by atoms with Crippen molar-refractivity contribution in [3.63, 3.8) is 0 Å². The van der Waals surface area contributed by atoms with Gasteiger partial charge in [-0.05, 0) is 25.8 Å². The largest absolute Gasteiger partial charge is 0.465 e. The number of aromatic nitrogens is 4. The Morgan fingerprint density at radius 2 is 2.14 bits per heavy atom. The van der Waals surface area contributed by atoms with Crippen LogP contribution in [0.2, 0.25) is 0 Å². The van der Waals surface area contributed by atoms with Crippen LogP contribution < -0.4 is 5.56 Å². The maximum Gasteiger partial charge on any atom is 0.327 e. The molecule has 2 heterocycles. The summed E-state index contributed by atoms with van der Waals surface area (Å²) in [5.41, 5.74) is 1.11. The monoisotopic (exact) mass is 304 g/mol. The van der Waals surface area contributed by atoms with Crippen LogP contribution in [0.25, 0.3) is 5.52 Å². The van der Waals surface area contributed by atoms with E-state index in [2.05, 4.69) is 10.2 Å². The Morgan fingerprint density at radius 1 is 1.41 bits per heavy atom. The molecule has 0 unspecified atom stereocenters. The Bertz CT molecular complexity index is 771. The highest BCUT2D eigenvalue weighted by Gasteiger charge is 2.28. The number of fused-ring (bicyclic) bond motifs is 1. The molecule has 0 radical (unpaired) electrons. The molecule has 0 aliphatic heterocycles. The summed E-state index contributed by atoms with van der Waals surface area (Å²) >= 11 is 0. The lowest BCUT2D eigenvalue weighted by molar-refractivity contribution is -0.144. The van der Waals surface area contributed by atoms with Gasteiger partial charge in [0.15, 0.2) is 5.82 Å². The molecule has 7 heteroatoms. The minimum absolute atomic E-state index is 0.0866. The first kappa shape index (κ1) is 14.7. The zero-order chi connectivity index (χ0) is 15.9. The van der Waals surface area contributed by atoms with Crippen LogP contribution in [0.5, 0.6) is 0 Å². The molecule has 0 bridgehead atoms. The van der Waals surface area contributed by atoms with E-state index < -0.39 is 5.97 Å². The van der Waals surface area contributed by atoms with Crippen molar-refractivity contribution in [1.82, 2.24) is 19.4 Å². The molecule has 1 aliphatic carbocycles. The third-order valence-electron chi connectivity index (χ3n) is 3.72. The lowest BCUT2D eigenvalue weighted by atomic mass is 10.2. The molecule has 0 N–H and O–H groups in total. The first-order chi connectivity index (χ1) is 10.5. The minimum atomic E-state index is -0.460. The van der Waals surface area contributed by atoms with Crippen molar-refractivity contribution >= 4 is 11.5 Å². The maximum atomic E-state index is 12.5. The van der Waals surface area contributed by atoms with Crippen molar-refractivity contribution in [2.24, 2.45) is 0 Å². The van der Waals surface area contributed by atoms with E-state index in [0.717, 1.165) is 18.5 Å². The van der Waals surface area contributed by atoms with Gasteiger partial charge in [0.05, 0.1) is 12.3 Å². The van der Waals surface area contributed by atoms with E-state index in [0.29, 0.717) is 17.3 Å². The van der Waals surface area contributed by atoms with Gasteiger partial charge in [0.1, 0.15) is 12.1 Å². The predicted molar refractivity (Wildman–Crippen MR) is 79.9 cm³/mol. The van der Waals surface area contributed by atoms with E-state index in [1.54, 1.807) is 11.4 Å². The standard InChI is InChI=1S/C15H20N4O3/c1-4-22-13(20)8-18-15(21)12-7-11(10-5-6-10)16-19(12)14(17-18)9(2)3/h7,9-10H,4-6,8H2,1-3H3. The van der Waals surface area contributed by atoms with Crippen molar-refractivity contribution < 1.29 is 9.53 Å². The maximum absolute atomic E-state index is 12.5. The summed E-state index contributed by atoms with van der Waals surface area (Å²) in [6, 6.07) is 1.83. The summed E-state index contributed by atoms with van der Waals surface area (Å²) in [5.74, 6) is 0.755. The van der Waals surface area contributed by atoms with Gasteiger partial charge < -0.3 is 4.74 Å². The molecular weight excluding hydrogens is 284 g/mol. The molecule has 0 saturated heterocycles. The van der Waals surface area contributed by atoms with Crippen molar-refractivity contribution in [3.8, 4) is 0 Å². The molecule has 1 aliphatic rings. The molecule has 0 aromatic carbocycles. The first-order valence-electron chi connectivity index (χ1n) is 7.67. The number of ether oxygens (including phenoxy) is 1. The zero-order valence-corrected chi connectivity index (χ0v) is 13.1. The second kappa shape index (κ2) is 5.55. The average molecular weight is 304 g/mol. The number of carbonyl (C=O) groups is 1. The average Bonchev–Trinajstić information content (AvgIpc) is 3.21. The Balaban J connectivity index is 2.11. The fourth-order valence-electron chi connectivity index (χ4n) is 2.44. The van der Waals surface area contributed by atoms with Crippen LogP contribution in [0.3, 0.4) is 0 Å². The van der Waals surface area contributed by atoms with Crippen molar-refractivity contribution in [3.05, 3.63) is 27.9 Å². The summed E-state index contributed by atoms with van der Waals surface area (Å²) in [6.07, 6.45) is 2.23. The van der Waals surface area contributed by atoms with Crippen molar-refractivity contribution in [1.29, 1.82) is 0 Å². The number of nitrogens with zero attached hydrogens (tertiary/aromatic N) is 4. The molecule has 2 aromatic heterocycles. The van der Waals surface area contributed by atoms with Gasteiger partial charge in [0, 0.05) is 11.8 Å². The normalized spacial score (nSPS) is 14.7. The Morgan fingerprint density at radius 3 is 2.73 bits per heavy atom. The Labute approximate surface area is 127 Å². The number of hydrogen-bond acceptors (Lipinski definition) is 5. The van der Waals surface area contributed by atoms with Crippen LogP contribution in [0.15, 0.2) is 10.9 Å². The number of carbonyl (C=O) groups excluding carboxylic acids is 1. The third-order valence-corrected chi connectivity index (χ3v) is 3.72. The molecular formula is C15H20N4O3. The van der Waals surface area contributed by atoms with E-state index in [9.17, 15) is 9.59 Å². The van der Waals surface area contributed by atoms with Gasteiger partial charge in [-0.25, -0.2) is 9.20 Å². The first-order valence-corrected chi connectivity index (χ1v) is 7.67. The minimum Gasteiger partial charge on any atom is -0.465 e. The predicted octanol–water partition coefficient (Wildman–Crippen LogP) is 1.45. The van der Waals surface area contributed by atoms with E-state index in [-0.39, 0.29) is 24.6 Å². The summed E-state index contributed by atoms with van der Waals surface area (Å²) in [7, 11) is 0. The second-order valence-electron chi connectivity index (χ2n) is 5.92. The Hall–Kier alpha value is -2.18. The molecule has 0 amide bonds. The van der Waals surface area contributed by atoms with Gasteiger partial charge in [-0.2, -0.15) is 10.2 Å². The molecule has 1 saturated carbocycles. The second-order valence-corrected chi connectivity index (χ2v) is 5.92.